The van der Waals surface area contributed by atoms with Gasteiger partial charge in [0.2, 0.25) is 0 Å². The van der Waals surface area contributed by atoms with Gasteiger partial charge < -0.3 is 9.30 Å². The summed E-state index contributed by atoms with van der Waals surface area (Å²) in [7, 11) is 3.46. The Hall–Kier alpha value is -1.51. The molecule has 0 fully saturated rings. The van der Waals surface area contributed by atoms with Crippen molar-refractivity contribution in [2.75, 3.05) is 7.11 Å². The van der Waals surface area contributed by atoms with Crippen molar-refractivity contribution in [3.05, 3.63) is 29.1 Å². The number of carbonyl (C=O) groups is 1. The molecule has 3 nitrogen and oxygen atoms in total. The van der Waals surface area contributed by atoms with Gasteiger partial charge in [0.25, 0.3) is 0 Å². The van der Waals surface area contributed by atoms with E-state index in [1.165, 1.54) is 23.9 Å². The normalized spacial score (nSPS) is 11.1. The molecule has 0 aliphatic heterocycles. The fourth-order valence-corrected chi connectivity index (χ4v) is 1.88. The molecular formula is C14H21NO2. The zero-order valence-corrected chi connectivity index (χ0v) is 11.1. The van der Waals surface area contributed by atoms with Gasteiger partial charge in [0.05, 0.1) is 13.5 Å². The first-order valence-corrected chi connectivity index (χ1v) is 5.98. The van der Waals surface area contributed by atoms with Crippen LogP contribution in [0.25, 0.3) is 6.08 Å². The zero-order chi connectivity index (χ0) is 12.8. The second kappa shape index (κ2) is 6.28. The first-order valence-electron chi connectivity index (χ1n) is 5.98. The molecule has 0 aromatic carbocycles. The van der Waals surface area contributed by atoms with Crippen LogP contribution in [0.4, 0.5) is 0 Å². The maximum absolute atomic E-state index is 11.0. The highest BCUT2D eigenvalue weighted by molar-refractivity contribution is 5.73. The topological polar surface area (TPSA) is 31.2 Å². The second-order valence-electron chi connectivity index (χ2n) is 4.20. The summed E-state index contributed by atoms with van der Waals surface area (Å²) in [6, 6.07) is 0. The minimum atomic E-state index is -0.202. The third kappa shape index (κ3) is 3.48. The molecule has 0 unspecified atom stereocenters. The highest BCUT2D eigenvalue weighted by atomic mass is 16.5. The van der Waals surface area contributed by atoms with E-state index in [2.05, 4.69) is 29.3 Å². The Labute approximate surface area is 103 Å². The molecule has 0 N–H and O–H groups in total. The van der Waals surface area contributed by atoms with Gasteiger partial charge in [-0.2, -0.15) is 0 Å². The van der Waals surface area contributed by atoms with Crippen molar-refractivity contribution in [1.82, 2.24) is 4.57 Å². The van der Waals surface area contributed by atoms with Crippen LogP contribution in [-0.2, 0) is 23.0 Å². The first-order chi connectivity index (χ1) is 8.10. The fraction of sp³-hybridized carbons (Fsp3) is 0.500. The van der Waals surface area contributed by atoms with Gasteiger partial charge >= 0.3 is 5.97 Å². The fourth-order valence-electron chi connectivity index (χ4n) is 1.88. The van der Waals surface area contributed by atoms with Gasteiger partial charge in [0.1, 0.15) is 0 Å². The lowest BCUT2D eigenvalue weighted by atomic mass is 10.1. The maximum atomic E-state index is 11.0. The summed E-state index contributed by atoms with van der Waals surface area (Å²) in [5, 5.41) is 0. The molecule has 0 radical (unpaired) electrons. The maximum Gasteiger partial charge on any atom is 0.309 e. The molecule has 0 aliphatic carbocycles. The number of carbonyl (C=O) groups excluding carboxylic acids is 1. The summed E-state index contributed by atoms with van der Waals surface area (Å²) in [6.45, 7) is 4.27. The molecule has 1 heterocycles. The molecule has 0 atom stereocenters. The third-order valence-electron chi connectivity index (χ3n) is 2.93. The number of rotatable bonds is 5. The number of esters is 1. The van der Waals surface area contributed by atoms with Gasteiger partial charge in [0.15, 0.2) is 0 Å². The predicted octanol–water partition coefficient (Wildman–Crippen LogP) is 2.86. The molecule has 0 bridgehead atoms. The van der Waals surface area contributed by atoms with Gasteiger partial charge in [-0.1, -0.05) is 25.5 Å². The summed E-state index contributed by atoms with van der Waals surface area (Å²) >= 11 is 0. The molecule has 0 saturated heterocycles. The number of aromatic nitrogens is 1. The van der Waals surface area contributed by atoms with Crippen molar-refractivity contribution >= 4 is 12.0 Å². The molecule has 17 heavy (non-hydrogen) atoms. The first kappa shape index (κ1) is 13.6. The van der Waals surface area contributed by atoms with Crippen LogP contribution < -0.4 is 0 Å². The summed E-state index contributed by atoms with van der Waals surface area (Å²) in [5.74, 6) is -0.202. The van der Waals surface area contributed by atoms with Crippen LogP contribution in [0, 0.1) is 6.92 Å². The van der Waals surface area contributed by atoms with Crippen molar-refractivity contribution in [2.24, 2.45) is 7.05 Å². The monoisotopic (exact) mass is 235 g/mol. The minimum Gasteiger partial charge on any atom is -0.469 e. The van der Waals surface area contributed by atoms with Crippen molar-refractivity contribution in [3.8, 4) is 0 Å². The van der Waals surface area contributed by atoms with Crippen LogP contribution in [-0.4, -0.2) is 17.6 Å². The third-order valence-corrected chi connectivity index (χ3v) is 2.93. The zero-order valence-electron chi connectivity index (χ0n) is 11.1. The highest BCUT2D eigenvalue weighted by Gasteiger charge is 2.07. The molecule has 1 rings (SSSR count). The van der Waals surface area contributed by atoms with Crippen molar-refractivity contribution in [2.45, 2.75) is 33.1 Å². The van der Waals surface area contributed by atoms with Gasteiger partial charge in [-0.25, -0.2) is 0 Å². The van der Waals surface area contributed by atoms with E-state index in [-0.39, 0.29) is 5.97 Å². The highest BCUT2D eigenvalue weighted by Crippen LogP contribution is 2.19. The van der Waals surface area contributed by atoms with Crippen molar-refractivity contribution in [1.29, 1.82) is 0 Å². The summed E-state index contributed by atoms with van der Waals surface area (Å²) < 4.78 is 6.73. The lowest BCUT2D eigenvalue weighted by Crippen LogP contribution is -1.96. The van der Waals surface area contributed by atoms with E-state index in [1.807, 2.05) is 19.2 Å². The van der Waals surface area contributed by atoms with E-state index >= 15 is 0 Å². The van der Waals surface area contributed by atoms with E-state index in [0.717, 1.165) is 12.8 Å². The van der Waals surface area contributed by atoms with E-state index in [4.69, 9.17) is 0 Å². The Bertz CT molecular complexity index is 416. The van der Waals surface area contributed by atoms with Crippen LogP contribution in [0.5, 0.6) is 0 Å². The number of ether oxygens (including phenoxy) is 1. The van der Waals surface area contributed by atoms with Crippen molar-refractivity contribution in [3.63, 3.8) is 0 Å². The van der Waals surface area contributed by atoms with E-state index in [9.17, 15) is 4.79 Å². The van der Waals surface area contributed by atoms with Crippen LogP contribution >= 0.6 is 0 Å². The molecule has 1 aromatic rings. The molecule has 0 saturated carbocycles. The van der Waals surface area contributed by atoms with Crippen LogP contribution in [0.3, 0.4) is 0 Å². The van der Waals surface area contributed by atoms with Crippen LogP contribution in [0.2, 0.25) is 0 Å². The Balaban J connectivity index is 2.84. The van der Waals surface area contributed by atoms with Crippen LogP contribution in [0.15, 0.2) is 12.3 Å². The number of nitrogens with zero attached hydrogens (tertiary/aromatic N) is 1. The average molecular weight is 235 g/mol. The average Bonchev–Trinajstić information content (AvgIpc) is 2.57. The molecule has 0 spiro atoms. The smallest absolute Gasteiger partial charge is 0.309 e. The van der Waals surface area contributed by atoms with Gasteiger partial charge in [-0.15, -0.1) is 0 Å². The Morgan fingerprint density at radius 2 is 2.24 bits per heavy atom. The van der Waals surface area contributed by atoms with Crippen LogP contribution in [0.1, 0.15) is 36.6 Å². The molecule has 0 aliphatic rings. The number of aryl methyl sites for hydroxylation is 2. The van der Waals surface area contributed by atoms with Gasteiger partial charge in [-0.05, 0) is 24.5 Å². The summed E-state index contributed by atoms with van der Waals surface area (Å²) in [4.78, 5) is 11.0. The molecule has 94 valence electrons. The number of methoxy groups -OCH3 is 1. The Morgan fingerprint density at radius 3 is 2.82 bits per heavy atom. The largest absolute Gasteiger partial charge is 0.469 e. The standard InChI is InChI=1S/C14H21NO2/c1-5-7-12-10-15(3)11(2)13(12)8-6-9-14(16)17-4/h6,8,10H,5,7,9H2,1-4H3/b8-6-. The van der Waals surface area contributed by atoms with E-state index in [1.54, 1.807) is 0 Å². The molecule has 1 aromatic heterocycles. The molecule has 3 heteroatoms. The lowest BCUT2D eigenvalue weighted by Gasteiger charge is -1.99. The molecular weight excluding hydrogens is 214 g/mol. The van der Waals surface area contributed by atoms with E-state index in [0.29, 0.717) is 6.42 Å². The quantitative estimate of drug-likeness (QED) is 0.735. The second-order valence-corrected chi connectivity index (χ2v) is 4.20. The SMILES string of the molecule is CCCc1cn(C)c(C)c1/C=C\CC(=O)OC. The van der Waals surface area contributed by atoms with Gasteiger partial charge in [0, 0.05) is 18.9 Å². The predicted molar refractivity (Wildman–Crippen MR) is 69.8 cm³/mol. The number of hydrogen-bond acceptors (Lipinski definition) is 2. The molecule has 0 amide bonds. The lowest BCUT2D eigenvalue weighted by molar-refractivity contribution is -0.139. The van der Waals surface area contributed by atoms with Crippen molar-refractivity contribution < 1.29 is 9.53 Å². The summed E-state index contributed by atoms with van der Waals surface area (Å²) in [5.41, 5.74) is 3.81. The van der Waals surface area contributed by atoms with E-state index < -0.39 is 0 Å². The summed E-state index contributed by atoms with van der Waals surface area (Å²) in [6.07, 6.45) is 8.58. The number of hydrogen-bond donors (Lipinski definition) is 0. The minimum absolute atomic E-state index is 0.202. The Morgan fingerprint density at radius 1 is 1.53 bits per heavy atom. The van der Waals surface area contributed by atoms with Gasteiger partial charge in [-0.3, -0.25) is 4.79 Å². The Kier molecular flexibility index (Phi) is 5.01.